The van der Waals surface area contributed by atoms with Crippen molar-refractivity contribution in [3.05, 3.63) is 21.9 Å². The van der Waals surface area contributed by atoms with E-state index in [1.165, 1.54) is 11.3 Å². The lowest BCUT2D eigenvalue weighted by atomic mass is 10.2. The molecule has 0 spiro atoms. The first-order valence-corrected chi connectivity index (χ1v) is 6.88. The zero-order valence-corrected chi connectivity index (χ0v) is 11.8. The maximum absolute atomic E-state index is 12.3. The highest BCUT2D eigenvalue weighted by Gasteiger charge is 2.21. The molecule has 5 heteroatoms. The van der Waals surface area contributed by atoms with Gasteiger partial charge in [0, 0.05) is 19.0 Å². The first-order chi connectivity index (χ1) is 8.43. The van der Waals surface area contributed by atoms with Gasteiger partial charge in [0.15, 0.2) is 0 Å². The van der Waals surface area contributed by atoms with E-state index in [2.05, 4.69) is 0 Å². The van der Waals surface area contributed by atoms with Crippen molar-refractivity contribution in [1.29, 1.82) is 0 Å². The average molecular weight is 269 g/mol. The summed E-state index contributed by atoms with van der Waals surface area (Å²) in [5, 5.41) is 10.5. The topological polar surface area (TPSA) is 57.6 Å². The van der Waals surface area contributed by atoms with Crippen molar-refractivity contribution in [2.75, 3.05) is 6.54 Å². The SMILES string of the molecule is Cc1ccsc1C(=O)N(CCCC(=O)O)C(C)C. The van der Waals surface area contributed by atoms with E-state index >= 15 is 0 Å². The molecule has 100 valence electrons. The number of carboxylic acid groups (broad SMARTS) is 1. The van der Waals surface area contributed by atoms with Crippen molar-refractivity contribution >= 4 is 23.2 Å². The number of aliphatic carboxylic acids is 1. The molecule has 0 aliphatic carbocycles. The summed E-state index contributed by atoms with van der Waals surface area (Å²) < 4.78 is 0. The standard InChI is InChI=1S/C13H19NO3S/c1-9(2)14(7-4-5-11(15)16)13(17)12-10(3)6-8-18-12/h6,8-9H,4-5,7H2,1-3H3,(H,15,16). The molecule has 0 aliphatic heterocycles. The Morgan fingerprint density at radius 3 is 2.56 bits per heavy atom. The Morgan fingerprint density at radius 1 is 1.44 bits per heavy atom. The monoisotopic (exact) mass is 269 g/mol. The fourth-order valence-corrected chi connectivity index (χ4v) is 2.60. The van der Waals surface area contributed by atoms with Crippen LogP contribution in [-0.4, -0.2) is 34.5 Å². The first kappa shape index (κ1) is 14.7. The maximum Gasteiger partial charge on any atom is 0.303 e. The molecule has 0 aromatic carbocycles. The molecule has 4 nitrogen and oxygen atoms in total. The Labute approximate surface area is 111 Å². The van der Waals surface area contributed by atoms with Crippen molar-refractivity contribution in [3.63, 3.8) is 0 Å². The van der Waals surface area contributed by atoms with Gasteiger partial charge in [-0.05, 0) is 44.2 Å². The predicted octanol–water partition coefficient (Wildman–Crippen LogP) is 2.77. The molecule has 1 amide bonds. The average Bonchev–Trinajstić information content (AvgIpc) is 2.69. The van der Waals surface area contributed by atoms with Crippen LogP contribution in [0.25, 0.3) is 0 Å². The fourth-order valence-electron chi connectivity index (χ4n) is 1.72. The highest BCUT2D eigenvalue weighted by molar-refractivity contribution is 7.12. The minimum absolute atomic E-state index is 0.00267. The van der Waals surface area contributed by atoms with Gasteiger partial charge in [-0.2, -0.15) is 0 Å². The third kappa shape index (κ3) is 3.84. The second-order valence-corrected chi connectivity index (χ2v) is 5.44. The summed E-state index contributed by atoms with van der Waals surface area (Å²) in [6.07, 6.45) is 0.587. The van der Waals surface area contributed by atoms with Crippen molar-refractivity contribution < 1.29 is 14.7 Å². The number of hydrogen-bond donors (Lipinski definition) is 1. The molecule has 18 heavy (non-hydrogen) atoms. The summed E-state index contributed by atoms with van der Waals surface area (Å²) in [6, 6.07) is 2.00. The summed E-state index contributed by atoms with van der Waals surface area (Å²) in [5.41, 5.74) is 0.980. The van der Waals surface area contributed by atoms with E-state index in [0.717, 1.165) is 10.4 Å². The fraction of sp³-hybridized carbons (Fsp3) is 0.538. The van der Waals surface area contributed by atoms with Gasteiger partial charge in [-0.25, -0.2) is 0 Å². The number of nitrogens with zero attached hydrogens (tertiary/aromatic N) is 1. The van der Waals surface area contributed by atoms with E-state index in [-0.39, 0.29) is 18.4 Å². The van der Waals surface area contributed by atoms with Crippen LogP contribution in [0.3, 0.4) is 0 Å². The number of rotatable bonds is 6. The van der Waals surface area contributed by atoms with Gasteiger partial charge in [-0.15, -0.1) is 11.3 Å². The van der Waals surface area contributed by atoms with Crippen LogP contribution in [0.4, 0.5) is 0 Å². The zero-order chi connectivity index (χ0) is 13.7. The van der Waals surface area contributed by atoms with Gasteiger partial charge < -0.3 is 10.0 Å². The van der Waals surface area contributed by atoms with Crippen LogP contribution in [0.15, 0.2) is 11.4 Å². The lowest BCUT2D eigenvalue weighted by molar-refractivity contribution is -0.137. The largest absolute Gasteiger partial charge is 0.481 e. The maximum atomic E-state index is 12.3. The lowest BCUT2D eigenvalue weighted by Crippen LogP contribution is -2.37. The van der Waals surface area contributed by atoms with Gasteiger partial charge in [0.25, 0.3) is 5.91 Å². The number of hydrogen-bond acceptors (Lipinski definition) is 3. The third-order valence-electron chi connectivity index (χ3n) is 2.73. The van der Waals surface area contributed by atoms with Crippen molar-refractivity contribution in [3.8, 4) is 0 Å². The highest BCUT2D eigenvalue weighted by atomic mass is 32.1. The van der Waals surface area contributed by atoms with E-state index in [4.69, 9.17) is 5.11 Å². The van der Waals surface area contributed by atoms with Crippen LogP contribution in [0, 0.1) is 6.92 Å². The van der Waals surface area contributed by atoms with Crippen LogP contribution >= 0.6 is 11.3 Å². The molecule has 0 bridgehead atoms. The first-order valence-electron chi connectivity index (χ1n) is 6.00. The van der Waals surface area contributed by atoms with Gasteiger partial charge in [-0.3, -0.25) is 9.59 Å². The molecule has 0 saturated heterocycles. The number of aryl methyl sites for hydroxylation is 1. The quantitative estimate of drug-likeness (QED) is 0.864. The molecule has 0 saturated carbocycles. The summed E-state index contributed by atoms with van der Waals surface area (Å²) in [7, 11) is 0. The van der Waals surface area contributed by atoms with Crippen LogP contribution in [0.1, 0.15) is 41.9 Å². The van der Waals surface area contributed by atoms with E-state index in [9.17, 15) is 9.59 Å². The predicted molar refractivity (Wildman–Crippen MR) is 72.1 cm³/mol. The molecule has 1 heterocycles. The van der Waals surface area contributed by atoms with Gasteiger partial charge >= 0.3 is 5.97 Å². The second kappa shape index (κ2) is 6.54. The molecule has 1 aromatic rings. The van der Waals surface area contributed by atoms with Gasteiger partial charge in [0.05, 0.1) is 4.88 Å². The molecule has 0 fully saturated rings. The Kier molecular flexibility index (Phi) is 5.34. The third-order valence-corrected chi connectivity index (χ3v) is 3.73. The van der Waals surface area contributed by atoms with E-state index in [0.29, 0.717) is 13.0 Å². The molecule has 0 atom stereocenters. The van der Waals surface area contributed by atoms with Crippen molar-refractivity contribution in [2.45, 2.75) is 39.7 Å². The second-order valence-electron chi connectivity index (χ2n) is 4.52. The van der Waals surface area contributed by atoms with Gasteiger partial charge in [-0.1, -0.05) is 0 Å². The lowest BCUT2D eigenvalue weighted by Gasteiger charge is -2.26. The summed E-state index contributed by atoms with van der Waals surface area (Å²) in [5.74, 6) is -0.818. The minimum atomic E-state index is -0.821. The number of thiophene rings is 1. The van der Waals surface area contributed by atoms with Gasteiger partial charge in [0.2, 0.25) is 0 Å². The normalized spacial score (nSPS) is 10.7. The molecular weight excluding hydrogens is 250 g/mol. The van der Waals surface area contributed by atoms with Crippen LogP contribution in [-0.2, 0) is 4.79 Å². The molecule has 0 unspecified atom stereocenters. The molecule has 1 aromatic heterocycles. The zero-order valence-electron chi connectivity index (χ0n) is 11.0. The number of carbonyl (C=O) groups is 2. The van der Waals surface area contributed by atoms with Gasteiger partial charge in [0.1, 0.15) is 0 Å². The summed E-state index contributed by atoms with van der Waals surface area (Å²) in [6.45, 7) is 6.29. The van der Waals surface area contributed by atoms with E-state index in [1.807, 2.05) is 32.2 Å². The molecular formula is C13H19NO3S. The van der Waals surface area contributed by atoms with E-state index < -0.39 is 5.97 Å². The highest BCUT2D eigenvalue weighted by Crippen LogP contribution is 2.19. The van der Waals surface area contributed by atoms with Crippen molar-refractivity contribution in [2.24, 2.45) is 0 Å². The molecule has 0 radical (unpaired) electrons. The minimum Gasteiger partial charge on any atom is -0.481 e. The van der Waals surface area contributed by atoms with E-state index in [1.54, 1.807) is 4.90 Å². The number of carboxylic acids is 1. The van der Waals surface area contributed by atoms with Crippen LogP contribution < -0.4 is 0 Å². The Bertz CT molecular complexity index is 426. The Morgan fingerprint density at radius 2 is 2.11 bits per heavy atom. The number of amides is 1. The Hall–Kier alpha value is -1.36. The van der Waals surface area contributed by atoms with Crippen LogP contribution in [0.2, 0.25) is 0 Å². The number of carbonyl (C=O) groups excluding carboxylic acids is 1. The summed E-state index contributed by atoms with van der Waals surface area (Å²) in [4.78, 5) is 25.3. The summed E-state index contributed by atoms with van der Waals surface area (Å²) >= 11 is 1.44. The molecule has 1 N–H and O–H groups in total. The van der Waals surface area contributed by atoms with Crippen molar-refractivity contribution in [1.82, 2.24) is 4.90 Å². The Balaban J connectivity index is 2.70. The van der Waals surface area contributed by atoms with Crippen LogP contribution in [0.5, 0.6) is 0 Å². The molecule has 0 aliphatic rings. The smallest absolute Gasteiger partial charge is 0.303 e. The molecule has 1 rings (SSSR count).